The molecule has 0 aliphatic carbocycles. The molecule has 2 aromatic rings. The molecule has 0 unspecified atom stereocenters. The smallest absolute Gasteiger partial charge is 0.191 e. The Morgan fingerprint density at radius 2 is 1.59 bits per heavy atom. The molecule has 0 amide bonds. The third-order valence-electron chi connectivity index (χ3n) is 3.12. The number of rotatable bonds is 5. The van der Waals surface area contributed by atoms with E-state index < -0.39 is 0 Å². The van der Waals surface area contributed by atoms with E-state index >= 15 is 0 Å². The fourth-order valence-corrected chi connectivity index (χ4v) is 1.97. The molecule has 0 aliphatic heterocycles. The van der Waals surface area contributed by atoms with Crippen molar-refractivity contribution in [2.45, 2.75) is 13.1 Å². The Labute approximate surface area is 149 Å². The SMILES string of the molecule is CN=C(NCc1ccccc1)NCc1cccc(OC)c1.I. The van der Waals surface area contributed by atoms with Crippen molar-refractivity contribution >= 4 is 29.9 Å². The van der Waals surface area contributed by atoms with Crippen LogP contribution in [0.25, 0.3) is 0 Å². The minimum absolute atomic E-state index is 0. The number of nitrogens with zero attached hydrogens (tertiary/aromatic N) is 1. The first-order chi connectivity index (χ1) is 10.3. The molecule has 0 atom stereocenters. The van der Waals surface area contributed by atoms with Gasteiger partial charge in [0.15, 0.2) is 5.96 Å². The number of guanidine groups is 1. The zero-order valence-electron chi connectivity index (χ0n) is 12.9. The summed E-state index contributed by atoms with van der Waals surface area (Å²) >= 11 is 0. The zero-order valence-corrected chi connectivity index (χ0v) is 15.2. The van der Waals surface area contributed by atoms with E-state index in [0.717, 1.165) is 23.8 Å². The van der Waals surface area contributed by atoms with Gasteiger partial charge in [0, 0.05) is 20.1 Å². The average molecular weight is 411 g/mol. The first kappa shape index (κ1) is 18.3. The number of nitrogens with one attached hydrogen (secondary N) is 2. The van der Waals surface area contributed by atoms with Gasteiger partial charge in [0.2, 0.25) is 0 Å². The number of benzene rings is 2. The van der Waals surface area contributed by atoms with Gasteiger partial charge in [0.05, 0.1) is 7.11 Å². The fraction of sp³-hybridized carbons (Fsp3) is 0.235. The van der Waals surface area contributed by atoms with E-state index in [1.807, 2.05) is 36.4 Å². The van der Waals surface area contributed by atoms with Crippen molar-refractivity contribution in [1.82, 2.24) is 10.6 Å². The van der Waals surface area contributed by atoms with Crippen LogP contribution in [0.1, 0.15) is 11.1 Å². The third-order valence-corrected chi connectivity index (χ3v) is 3.12. The number of aliphatic imine (C=N–C) groups is 1. The lowest BCUT2D eigenvalue weighted by Gasteiger charge is -2.12. The summed E-state index contributed by atoms with van der Waals surface area (Å²) in [6, 6.07) is 18.2. The van der Waals surface area contributed by atoms with E-state index in [-0.39, 0.29) is 24.0 Å². The minimum atomic E-state index is 0. The van der Waals surface area contributed by atoms with E-state index in [2.05, 4.69) is 33.8 Å². The summed E-state index contributed by atoms with van der Waals surface area (Å²) in [5, 5.41) is 6.58. The van der Waals surface area contributed by atoms with Gasteiger partial charge in [-0.15, -0.1) is 24.0 Å². The molecule has 0 bridgehead atoms. The first-order valence-electron chi connectivity index (χ1n) is 6.93. The summed E-state index contributed by atoms with van der Waals surface area (Å²) in [6.45, 7) is 1.45. The second kappa shape index (κ2) is 10.0. The maximum absolute atomic E-state index is 5.22. The normalized spacial score (nSPS) is 10.5. The molecule has 0 saturated carbocycles. The quantitative estimate of drug-likeness (QED) is 0.452. The van der Waals surface area contributed by atoms with Gasteiger partial charge in [-0.1, -0.05) is 42.5 Å². The molecule has 2 rings (SSSR count). The molecular formula is C17H22IN3O. The summed E-state index contributed by atoms with van der Waals surface area (Å²) in [5.74, 6) is 1.64. The molecule has 0 fully saturated rings. The monoisotopic (exact) mass is 411 g/mol. The number of ether oxygens (including phenoxy) is 1. The highest BCUT2D eigenvalue weighted by Gasteiger charge is 2.00. The van der Waals surface area contributed by atoms with Crippen LogP contribution in [0.5, 0.6) is 5.75 Å². The predicted octanol–water partition coefficient (Wildman–Crippen LogP) is 3.18. The Kier molecular flexibility index (Phi) is 8.35. The summed E-state index contributed by atoms with van der Waals surface area (Å²) in [5.41, 5.74) is 2.37. The first-order valence-corrected chi connectivity index (χ1v) is 6.93. The van der Waals surface area contributed by atoms with Crippen LogP contribution in [0.3, 0.4) is 0 Å². The fourth-order valence-electron chi connectivity index (χ4n) is 1.97. The van der Waals surface area contributed by atoms with E-state index in [0.29, 0.717) is 6.54 Å². The Bertz CT molecular complexity index is 587. The van der Waals surface area contributed by atoms with Crippen molar-refractivity contribution in [3.8, 4) is 5.75 Å². The highest BCUT2D eigenvalue weighted by molar-refractivity contribution is 14.0. The number of halogens is 1. The summed E-state index contributed by atoms with van der Waals surface area (Å²) in [6.07, 6.45) is 0. The molecule has 5 heteroatoms. The van der Waals surface area contributed by atoms with Crippen LogP contribution in [0.15, 0.2) is 59.6 Å². The molecule has 2 aromatic carbocycles. The van der Waals surface area contributed by atoms with Crippen LogP contribution in [0.2, 0.25) is 0 Å². The van der Waals surface area contributed by atoms with Crippen LogP contribution >= 0.6 is 24.0 Å². The van der Waals surface area contributed by atoms with Gasteiger partial charge in [-0.2, -0.15) is 0 Å². The van der Waals surface area contributed by atoms with E-state index in [1.54, 1.807) is 14.2 Å². The molecular weight excluding hydrogens is 389 g/mol. The third kappa shape index (κ3) is 5.93. The van der Waals surface area contributed by atoms with Crippen molar-refractivity contribution in [2.75, 3.05) is 14.2 Å². The highest BCUT2D eigenvalue weighted by atomic mass is 127. The Morgan fingerprint density at radius 3 is 2.23 bits per heavy atom. The van der Waals surface area contributed by atoms with Gasteiger partial charge < -0.3 is 15.4 Å². The van der Waals surface area contributed by atoms with Gasteiger partial charge in [-0.3, -0.25) is 4.99 Å². The lowest BCUT2D eigenvalue weighted by molar-refractivity contribution is 0.414. The van der Waals surface area contributed by atoms with E-state index in [1.165, 1.54) is 5.56 Å². The minimum Gasteiger partial charge on any atom is -0.497 e. The largest absolute Gasteiger partial charge is 0.497 e. The lowest BCUT2D eigenvalue weighted by Crippen LogP contribution is -2.36. The molecule has 0 radical (unpaired) electrons. The van der Waals surface area contributed by atoms with Crippen molar-refractivity contribution in [3.05, 3.63) is 65.7 Å². The van der Waals surface area contributed by atoms with Crippen LogP contribution in [0, 0.1) is 0 Å². The van der Waals surface area contributed by atoms with Crippen molar-refractivity contribution in [1.29, 1.82) is 0 Å². The van der Waals surface area contributed by atoms with Gasteiger partial charge >= 0.3 is 0 Å². The maximum Gasteiger partial charge on any atom is 0.191 e. The summed E-state index contributed by atoms with van der Waals surface area (Å²) in [7, 11) is 3.44. The van der Waals surface area contributed by atoms with Crippen molar-refractivity contribution in [3.63, 3.8) is 0 Å². The number of hydrogen-bond acceptors (Lipinski definition) is 2. The Hall–Kier alpha value is -1.76. The lowest BCUT2D eigenvalue weighted by atomic mass is 10.2. The van der Waals surface area contributed by atoms with E-state index in [9.17, 15) is 0 Å². The van der Waals surface area contributed by atoms with Crippen LogP contribution in [-0.2, 0) is 13.1 Å². The van der Waals surface area contributed by atoms with Crippen LogP contribution in [0.4, 0.5) is 0 Å². The molecule has 0 heterocycles. The second-order valence-corrected chi connectivity index (χ2v) is 4.62. The van der Waals surface area contributed by atoms with Crippen molar-refractivity contribution in [2.24, 2.45) is 4.99 Å². The standard InChI is InChI=1S/C17H21N3O.HI/c1-18-17(19-12-14-7-4-3-5-8-14)20-13-15-9-6-10-16(11-15)21-2;/h3-11H,12-13H2,1-2H3,(H2,18,19,20);1H. The number of hydrogen-bond donors (Lipinski definition) is 2. The topological polar surface area (TPSA) is 45.7 Å². The van der Waals surface area contributed by atoms with E-state index in [4.69, 9.17) is 4.74 Å². The molecule has 0 saturated heterocycles. The van der Waals surface area contributed by atoms with Gasteiger partial charge in [-0.05, 0) is 23.3 Å². The van der Waals surface area contributed by atoms with Crippen LogP contribution < -0.4 is 15.4 Å². The second-order valence-electron chi connectivity index (χ2n) is 4.62. The maximum atomic E-state index is 5.22. The highest BCUT2D eigenvalue weighted by Crippen LogP contribution is 2.12. The summed E-state index contributed by atoms with van der Waals surface area (Å²) < 4.78 is 5.22. The number of methoxy groups -OCH3 is 1. The predicted molar refractivity (Wildman–Crippen MR) is 102 cm³/mol. The average Bonchev–Trinajstić information content (AvgIpc) is 2.56. The molecule has 4 nitrogen and oxygen atoms in total. The Morgan fingerprint density at radius 1 is 0.955 bits per heavy atom. The molecule has 0 spiro atoms. The molecule has 0 aliphatic rings. The van der Waals surface area contributed by atoms with Gasteiger partial charge in [-0.25, -0.2) is 0 Å². The zero-order chi connectivity index (χ0) is 14.9. The summed E-state index contributed by atoms with van der Waals surface area (Å²) in [4.78, 5) is 4.22. The van der Waals surface area contributed by atoms with Gasteiger partial charge in [0.1, 0.15) is 5.75 Å². The van der Waals surface area contributed by atoms with Crippen LogP contribution in [-0.4, -0.2) is 20.1 Å². The van der Waals surface area contributed by atoms with Gasteiger partial charge in [0.25, 0.3) is 0 Å². The Balaban J connectivity index is 0.00000242. The van der Waals surface area contributed by atoms with Crippen molar-refractivity contribution < 1.29 is 4.74 Å². The molecule has 2 N–H and O–H groups in total. The molecule has 22 heavy (non-hydrogen) atoms. The molecule has 118 valence electrons. The molecule has 0 aromatic heterocycles.